The molecule has 0 spiro atoms. The molecule has 0 aliphatic rings. The van der Waals surface area contributed by atoms with Crippen LogP contribution in [-0.2, 0) is 0 Å². The molecular weight excluding hydrogens is 376 g/mol. The highest BCUT2D eigenvalue weighted by atomic mass is 35.5. The summed E-state index contributed by atoms with van der Waals surface area (Å²) in [4.78, 5) is 4.28. The monoisotopic (exact) mass is 388 g/mol. The molecule has 4 aromatic rings. The maximum absolute atomic E-state index is 9.71. The third-order valence-electron chi connectivity index (χ3n) is 3.92. The third kappa shape index (κ3) is 3.54. The molecule has 0 atom stereocenters. The molecule has 0 amide bonds. The van der Waals surface area contributed by atoms with Crippen LogP contribution < -0.4 is 0 Å². The molecule has 0 saturated heterocycles. The lowest BCUT2D eigenvalue weighted by Crippen LogP contribution is -1.80. The van der Waals surface area contributed by atoms with Gasteiger partial charge in [-0.15, -0.1) is 0 Å². The van der Waals surface area contributed by atoms with Gasteiger partial charge in [-0.1, -0.05) is 41.9 Å². The standard InChI is InChI=1S/C22H13ClN2O3/c23-16(12-15-6-2-1-3-7-15)14-25-22-17(13-24)20(18-8-4-10-26-18)21(28-22)19-9-5-11-27-19/h1-12,14H. The zero-order valence-corrected chi connectivity index (χ0v) is 15.3. The molecule has 3 aromatic heterocycles. The summed E-state index contributed by atoms with van der Waals surface area (Å²) in [6.45, 7) is 0. The van der Waals surface area contributed by atoms with Crippen molar-refractivity contribution in [1.29, 1.82) is 5.26 Å². The molecule has 4 rings (SSSR count). The fourth-order valence-corrected chi connectivity index (χ4v) is 2.89. The Morgan fingerprint density at radius 3 is 2.32 bits per heavy atom. The Morgan fingerprint density at radius 1 is 0.964 bits per heavy atom. The second-order valence-corrected chi connectivity index (χ2v) is 6.19. The van der Waals surface area contributed by atoms with E-state index >= 15 is 0 Å². The summed E-state index contributed by atoms with van der Waals surface area (Å²) in [7, 11) is 0. The largest absolute Gasteiger partial charge is 0.464 e. The van der Waals surface area contributed by atoms with Crippen LogP contribution in [0, 0.1) is 11.3 Å². The van der Waals surface area contributed by atoms with Gasteiger partial charge < -0.3 is 13.3 Å². The van der Waals surface area contributed by atoms with Crippen LogP contribution in [0.25, 0.3) is 28.9 Å². The Balaban J connectivity index is 1.77. The van der Waals surface area contributed by atoms with Gasteiger partial charge in [-0.3, -0.25) is 0 Å². The molecule has 5 nitrogen and oxygen atoms in total. The summed E-state index contributed by atoms with van der Waals surface area (Å²) in [5.41, 5.74) is 1.66. The quantitative estimate of drug-likeness (QED) is 0.358. The molecule has 0 saturated carbocycles. The summed E-state index contributed by atoms with van der Waals surface area (Å²) in [5.74, 6) is 1.45. The SMILES string of the molecule is N#Cc1c(N=CC(Cl)=Cc2ccccc2)oc(-c2ccco2)c1-c1ccco1. The summed E-state index contributed by atoms with van der Waals surface area (Å²) in [5, 5.41) is 10.1. The molecule has 0 bridgehead atoms. The first-order chi connectivity index (χ1) is 13.8. The smallest absolute Gasteiger partial charge is 0.238 e. The van der Waals surface area contributed by atoms with E-state index in [1.165, 1.54) is 18.7 Å². The lowest BCUT2D eigenvalue weighted by atomic mass is 10.1. The van der Waals surface area contributed by atoms with Crippen LogP contribution in [0.5, 0.6) is 0 Å². The van der Waals surface area contributed by atoms with E-state index in [-0.39, 0.29) is 11.4 Å². The van der Waals surface area contributed by atoms with Gasteiger partial charge in [0.1, 0.15) is 17.4 Å². The lowest BCUT2D eigenvalue weighted by molar-refractivity contribution is 0.527. The van der Waals surface area contributed by atoms with Crippen LogP contribution in [-0.4, -0.2) is 6.21 Å². The second-order valence-electron chi connectivity index (χ2n) is 5.75. The van der Waals surface area contributed by atoms with Gasteiger partial charge in [-0.2, -0.15) is 5.26 Å². The molecule has 1 aromatic carbocycles. The minimum Gasteiger partial charge on any atom is -0.464 e. The predicted octanol–water partition coefficient (Wildman–Crippen LogP) is 6.65. The van der Waals surface area contributed by atoms with E-state index in [9.17, 15) is 5.26 Å². The van der Waals surface area contributed by atoms with Crippen molar-refractivity contribution in [2.24, 2.45) is 4.99 Å². The summed E-state index contributed by atoms with van der Waals surface area (Å²) >= 11 is 6.26. The number of nitriles is 1. The van der Waals surface area contributed by atoms with Gasteiger partial charge >= 0.3 is 0 Å². The number of benzene rings is 1. The van der Waals surface area contributed by atoms with Crippen LogP contribution in [0.3, 0.4) is 0 Å². The number of hydrogen-bond acceptors (Lipinski definition) is 5. The van der Waals surface area contributed by atoms with Crippen molar-refractivity contribution in [1.82, 2.24) is 0 Å². The number of rotatable bonds is 5. The van der Waals surface area contributed by atoms with E-state index in [0.717, 1.165) is 5.56 Å². The highest BCUT2D eigenvalue weighted by Gasteiger charge is 2.25. The molecule has 0 unspecified atom stereocenters. The Bertz CT molecular complexity index is 1160. The van der Waals surface area contributed by atoms with Crippen molar-refractivity contribution < 1.29 is 13.3 Å². The molecule has 0 fully saturated rings. The van der Waals surface area contributed by atoms with Crippen molar-refractivity contribution in [2.75, 3.05) is 0 Å². The molecule has 0 aliphatic carbocycles. The maximum Gasteiger partial charge on any atom is 0.238 e. The first kappa shape index (κ1) is 17.7. The van der Waals surface area contributed by atoms with Gasteiger partial charge in [0.2, 0.25) is 5.88 Å². The van der Waals surface area contributed by atoms with Crippen molar-refractivity contribution in [2.45, 2.75) is 0 Å². The summed E-state index contributed by atoms with van der Waals surface area (Å²) in [6, 6.07) is 18.7. The molecule has 0 N–H and O–H groups in total. The van der Waals surface area contributed by atoms with Crippen molar-refractivity contribution in [3.05, 3.63) is 83.3 Å². The Hall–Kier alpha value is -3.75. The van der Waals surface area contributed by atoms with Crippen LogP contribution >= 0.6 is 11.6 Å². The topological polar surface area (TPSA) is 75.6 Å². The minimum absolute atomic E-state index is 0.125. The Kier molecular flexibility index (Phi) is 4.96. The third-order valence-corrected chi connectivity index (χ3v) is 4.13. The van der Waals surface area contributed by atoms with Crippen LogP contribution in [0.1, 0.15) is 11.1 Å². The van der Waals surface area contributed by atoms with Crippen LogP contribution in [0.4, 0.5) is 5.88 Å². The van der Waals surface area contributed by atoms with Gasteiger partial charge in [0.05, 0.1) is 23.1 Å². The number of hydrogen-bond donors (Lipinski definition) is 0. The van der Waals surface area contributed by atoms with Gasteiger partial charge in [-0.05, 0) is 35.9 Å². The fourth-order valence-electron chi connectivity index (χ4n) is 2.72. The number of halogens is 1. The van der Waals surface area contributed by atoms with Crippen LogP contribution in [0.2, 0.25) is 0 Å². The fraction of sp³-hybridized carbons (Fsp3) is 0. The van der Waals surface area contributed by atoms with Gasteiger partial charge in [-0.25, -0.2) is 4.99 Å². The van der Waals surface area contributed by atoms with E-state index < -0.39 is 0 Å². The molecular formula is C22H13ClN2O3. The summed E-state index contributed by atoms with van der Waals surface area (Å²) < 4.78 is 16.8. The number of aliphatic imine (C=N–C) groups is 1. The van der Waals surface area contributed by atoms with Crippen molar-refractivity contribution in [3.8, 4) is 28.9 Å². The zero-order valence-electron chi connectivity index (χ0n) is 14.5. The van der Waals surface area contributed by atoms with Gasteiger partial charge in [0, 0.05) is 6.21 Å². The summed E-state index contributed by atoms with van der Waals surface area (Å²) in [6.07, 6.45) is 6.25. The Labute approximate surface area is 165 Å². The van der Waals surface area contributed by atoms with E-state index in [2.05, 4.69) is 11.1 Å². The molecule has 0 radical (unpaired) electrons. The zero-order chi connectivity index (χ0) is 19.3. The van der Waals surface area contributed by atoms with E-state index in [4.69, 9.17) is 24.9 Å². The molecule has 3 heterocycles. The molecule has 136 valence electrons. The van der Waals surface area contributed by atoms with E-state index in [1.54, 1.807) is 30.3 Å². The molecule has 0 aliphatic heterocycles. The second kappa shape index (κ2) is 7.87. The lowest BCUT2D eigenvalue weighted by Gasteiger charge is -1.96. The average Bonchev–Trinajstić information content (AvgIpc) is 3.46. The Morgan fingerprint density at radius 2 is 1.68 bits per heavy atom. The highest BCUT2D eigenvalue weighted by Crippen LogP contribution is 2.42. The van der Waals surface area contributed by atoms with E-state index in [1.807, 2.05) is 30.3 Å². The van der Waals surface area contributed by atoms with Gasteiger partial charge in [0.25, 0.3) is 0 Å². The highest BCUT2D eigenvalue weighted by molar-refractivity contribution is 6.41. The predicted molar refractivity (Wildman–Crippen MR) is 107 cm³/mol. The first-order valence-electron chi connectivity index (χ1n) is 8.37. The molecule has 6 heteroatoms. The number of allylic oxidation sites excluding steroid dienone is 1. The maximum atomic E-state index is 9.71. The number of furan rings is 3. The molecule has 28 heavy (non-hydrogen) atoms. The average molecular weight is 389 g/mol. The van der Waals surface area contributed by atoms with E-state index in [0.29, 0.717) is 27.9 Å². The van der Waals surface area contributed by atoms with Crippen molar-refractivity contribution >= 4 is 29.8 Å². The van der Waals surface area contributed by atoms with Gasteiger partial charge in [0.15, 0.2) is 11.5 Å². The minimum atomic E-state index is 0.125. The van der Waals surface area contributed by atoms with Crippen molar-refractivity contribution in [3.63, 3.8) is 0 Å². The van der Waals surface area contributed by atoms with Crippen LogP contribution in [0.15, 0.2) is 90.4 Å². The first-order valence-corrected chi connectivity index (χ1v) is 8.75. The number of nitrogens with zero attached hydrogens (tertiary/aromatic N) is 2. The normalized spacial score (nSPS) is 11.8.